The average Bonchev–Trinajstić information content (AvgIpc) is 2.66. The molecule has 7 heteroatoms. The van der Waals surface area contributed by atoms with Crippen LogP contribution in [0.1, 0.15) is 16.2 Å². The molecule has 0 atom stereocenters. The van der Waals surface area contributed by atoms with E-state index in [1.54, 1.807) is 18.2 Å². The number of H-pyrrole nitrogens is 1. The Bertz CT molecular complexity index is 566. The SMILES string of the molecule is Cc1nc(Sc2ccc(N)c(C(N)=O)c2)n[nH]1. The molecular weight excluding hydrogens is 238 g/mol. The minimum Gasteiger partial charge on any atom is -0.398 e. The fourth-order valence-corrected chi connectivity index (χ4v) is 2.08. The zero-order valence-electron chi connectivity index (χ0n) is 9.10. The highest BCUT2D eigenvalue weighted by atomic mass is 32.2. The lowest BCUT2D eigenvalue weighted by Gasteiger charge is -2.03. The third kappa shape index (κ3) is 2.56. The van der Waals surface area contributed by atoms with Crippen LogP contribution in [0.25, 0.3) is 0 Å². The van der Waals surface area contributed by atoms with E-state index < -0.39 is 5.91 Å². The van der Waals surface area contributed by atoms with Gasteiger partial charge in [-0.2, -0.15) is 0 Å². The van der Waals surface area contributed by atoms with Crippen molar-refractivity contribution in [3.05, 3.63) is 29.6 Å². The van der Waals surface area contributed by atoms with Gasteiger partial charge in [-0.3, -0.25) is 9.89 Å². The van der Waals surface area contributed by atoms with Crippen molar-refractivity contribution in [3.63, 3.8) is 0 Å². The first-order valence-corrected chi connectivity index (χ1v) is 5.64. The quantitative estimate of drug-likeness (QED) is 0.701. The van der Waals surface area contributed by atoms with Crippen molar-refractivity contribution < 1.29 is 4.79 Å². The molecule has 0 bridgehead atoms. The van der Waals surface area contributed by atoms with Crippen LogP contribution in [0.4, 0.5) is 5.69 Å². The number of primary amides is 1. The second-order valence-corrected chi connectivity index (χ2v) is 4.46. The topological polar surface area (TPSA) is 111 Å². The molecule has 1 heterocycles. The summed E-state index contributed by atoms with van der Waals surface area (Å²) < 4.78 is 0. The molecule has 0 unspecified atom stereocenters. The van der Waals surface area contributed by atoms with E-state index in [0.29, 0.717) is 16.4 Å². The number of nitrogen functional groups attached to an aromatic ring is 1. The van der Waals surface area contributed by atoms with Gasteiger partial charge in [0.15, 0.2) is 0 Å². The molecule has 0 saturated carbocycles. The Labute approximate surface area is 102 Å². The molecular formula is C10H11N5OS. The number of nitrogens with two attached hydrogens (primary N) is 2. The third-order valence-corrected chi connectivity index (χ3v) is 2.93. The lowest BCUT2D eigenvalue weighted by atomic mass is 10.2. The molecule has 6 nitrogen and oxygen atoms in total. The molecule has 1 aromatic carbocycles. The minimum absolute atomic E-state index is 0.308. The Morgan fingerprint density at radius 2 is 2.24 bits per heavy atom. The number of aromatic nitrogens is 3. The number of rotatable bonds is 3. The summed E-state index contributed by atoms with van der Waals surface area (Å²) in [5.74, 6) is 0.189. The van der Waals surface area contributed by atoms with Crippen LogP contribution in [0.5, 0.6) is 0 Å². The molecule has 0 spiro atoms. The Kier molecular flexibility index (Phi) is 3.01. The van der Waals surface area contributed by atoms with Gasteiger partial charge in [-0.15, -0.1) is 5.10 Å². The summed E-state index contributed by atoms with van der Waals surface area (Å²) in [6.07, 6.45) is 0. The molecule has 0 saturated heterocycles. The van der Waals surface area contributed by atoms with Crippen molar-refractivity contribution in [1.82, 2.24) is 15.2 Å². The lowest BCUT2D eigenvalue weighted by Crippen LogP contribution is -2.13. The first kappa shape index (κ1) is 11.5. The number of hydrogen-bond donors (Lipinski definition) is 3. The number of carbonyl (C=O) groups is 1. The van der Waals surface area contributed by atoms with Gasteiger partial charge in [0.2, 0.25) is 5.16 Å². The maximum atomic E-state index is 11.1. The van der Waals surface area contributed by atoms with Crippen molar-refractivity contribution in [2.24, 2.45) is 5.73 Å². The van der Waals surface area contributed by atoms with Gasteiger partial charge in [-0.05, 0) is 36.9 Å². The predicted molar refractivity (Wildman–Crippen MR) is 64.6 cm³/mol. The smallest absolute Gasteiger partial charge is 0.250 e. The van der Waals surface area contributed by atoms with Gasteiger partial charge >= 0.3 is 0 Å². The highest BCUT2D eigenvalue weighted by Gasteiger charge is 2.09. The first-order valence-electron chi connectivity index (χ1n) is 4.82. The van der Waals surface area contributed by atoms with Gasteiger partial charge in [0.1, 0.15) is 5.82 Å². The van der Waals surface area contributed by atoms with E-state index in [2.05, 4.69) is 15.2 Å². The summed E-state index contributed by atoms with van der Waals surface area (Å²) in [4.78, 5) is 16.1. The van der Waals surface area contributed by atoms with Crippen molar-refractivity contribution in [1.29, 1.82) is 0 Å². The molecule has 0 aliphatic heterocycles. The van der Waals surface area contributed by atoms with Crippen molar-refractivity contribution in [3.8, 4) is 0 Å². The first-order chi connectivity index (χ1) is 8.06. The van der Waals surface area contributed by atoms with E-state index in [1.165, 1.54) is 11.8 Å². The molecule has 2 rings (SSSR count). The normalized spacial score (nSPS) is 10.4. The number of benzene rings is 1. The Balaban J connectivity index is 2.28. The second kappa shape index (κ2) is 4.46. The highest BCUT2D eigenvalue weighted by Crippen LogP contribution is 2.27. The predicted octanol–water partition coefficient (Wildman–Crippen LogP) is 0.945. The molecule has 0 fully saturated rings. The van der Waals surface area contributed by atoms with Gasteiger partial charge in [-0.25, -0.2) is 4.98 Å². The number of carbonyl (C=O) groups excluding carboxylic acids is 1. The number of nitrogens with zero attached hydrogens (tertiary/aromatic N) is 2. The number of anilines is 1. The Morgan fingerprint density at radius 1 is 1.47 bits per heavy atom. The van der Waals surface area contributed by atoms with E-state index in [0.717, 1.165) is 10.7 Å². The van der Waals surface area contributed by atoms with E-state index in [4.69, 9.17) is 11.5 Å². The standard InChI is InChI=1S/C10H11N5OS/c1-5-13-10(15-14-5)17-6-2-3-8(11)7(4-6)9(12)16/h2-4H,11H2,1H3,(H2,12,16)(H,13,14,15). The largest absolute Gasteiger partial charge is 0.398 e. The summed E-state index contributed by atoms with van der Waals surface area (Å²) in [6, 6.07) is 5.06. The molecule has 5 N–H and O–H groups in total. The molecule has 1 amide bonds. The number of hydrogen-bond acceptors (Lipinski definition) is 5. The van der Waals surface area contributed by atoms with Gasteiger partial charge in [0, 0.05) is 10.6 Å². The number of amides is 1. The van der Waals surface area contributed by atoms with E-state index in [-0.39, 0.29) is 0 Å². The van der Waals surface area contributed by atoms with Crippen LogP contribution in [0.15, 0.2) is 28.3 Å². The number of aromatic amines is 1. The van der Waals surface area contributed by atoms with Crippen LogP contribution >= 0.6 is 11.8 Å². The van der Waals surface area contributed by atoms with Crippen LogP contribution in [-0.2, 0) is 0 Å². The van der Waals surface area contributed by atoms with E-state index in [1.807, 2.05) is 6.92 Å². The minimum atomic E-state index is -0.545. The van der Waals surface area contributed by atoms with Gasteiger partial charge in [0.25, 0.3) is 5.91 Å². The zero-order chi connectivity index (χ0) is 12.4. The average molecular weight is 249 g/mol. The van der Waals surface area contributed by atoms with E-state index >= 15 is 0 Å². The maximum absolute atomic E-state index is 11.1. The van der Waals surface area contributed by atoms with Gasteiger partial charge < -0.3 is 11.5 Å². The van der Waals surface area contributed by atoms with Crippen molar-refractivity contribution >= 4 is 23.4 Å². The monoisotopic (exact) mass is 249 g/mol. The van der Waals surface area contributed by atoms with Crippen LogP contribution in [0.2, 0.25) is 0 Å². The highest BCUT2D eigenvalue weighted by molar-refractivity contribution is 7.99. The summed E-state index contributed by atoms with van der Waals surface area (Å²) in [5, 5.41) is 7.31. The molecule has 17 heavy (non-hydrogen) atoms. The second-order valence-electron chi connectivity index (χ2n) is 3.42. The van der Waals surface area contributed by atoms with E-state index in [9.17, 15) is 4.79 Å². The summed E-state index contributed by atoms with van der Waals surface area (Å²) in [6.45, 7) is 1.81. The number of aryl methyl sites for hydroxylation is 1. The fraction of sp³-hybridized carbons (Fsp3) is 0.100. The van der Waals surface area contributed by atoms with Crippen LogP contribution in [0, 0.1) is 6.92 Å². The number of nitrogens with one attached hydrogen (secondary N) is 1. The Morgan fingerprint density at radius 3 is 2.82 bits per heavy atom. The molecule has 0 radical (unpaired) electrons. The fourth-order valence-electron chi connectivity index (χ4n) is 1.29. The molecule has 0 aliphatic carbocycles. The van der Waals surface area contributed by atoms with Gasteiger partial charge in [0.05, 0.1) is 5.56 Å². The zero-order valence-corrected chi connectivity index (χ0v) is 9.91. The van der Waals surface area contributed by atoms with Crippen molar-refractivity contribution in [2.45, 2.75) is 17.0 Å². The van der Waals surface area contributed by atoms with Gasteiger partial charge in [-0.1, -0.05) is 0 Å². The lowest BCUT2D eigenvalue weighted by molar-refractivity contribution is 0.100. The van der Waals surface area contributed by atoms with Crippen LogP contribution in [-0.4, -0.2) is 21.1 Å². The molecule has 1 aromatic heterocycles. The Hall–Kier alpha value is -2.02. The van der Waals surface area contributed by atoms with Crippen LogP contribution in [0.3, 0.4) is 0 Å². The summed E-state index contributed by atoms with van der Waals surface area (Å²) >= 11 is 1.33. The third-order valence-electron chi connectivity index (χ3n) is 2.08. The molecule has 2 aromatic rings. The van der Waals surface area contributed by atoms with Crippen LogP contribution < -0.4 is 11.5 Å². The van der Waals surface area contributed by atoms with Crippen molar-refractivity contribution in [2.75, 3.05) is 5.73 Å². The molecule has 0 aliphatic rings. The summed E-state index contributed by atoms with van der Waals surface area (Å²) in [7, 11) is 0. The molecule has 88 valence electrons. The maximum Gasteiger partial charge on any atom is 0.250 e. The summed E-state index contributed by atoms with van der Waals surface area (Å²) in [5.41, 5.74) is 11.5.